The van der Waals surface area contributed by atoms with Crippen molar-refractivity contribution in [3.63, 3.8) is 0 Å². The molecule has 8 nitrogen and oxygen atoms in total. The number of anilines is 1. The number of hydrogen-bond acceptors (Lipinski definition) is 6. The maximum atomic E-state index is 12.9. The van der Waals surface area contributed by atoms with E-state index in [-0.39, 0.29) is 30.7 Å². The van der Waals surface area contributed by atoms with Gasteiger partial charge in [-0.3, -0.25) is 4.79 Å². The van der Waals surface area contributed by atoms with E-state index in [0.717, 1.165) is 31.7 Å². The largest absolute Gasteiger partial charge is 0.384 e. The van der Waals surface area contributed by atoms with E-state index in [4.69, 9.17) is 4.74 Å². The molecule has 1 unspecified atom stereocenters. The van der Waals surface area contributed by atoms with E-state index in [2.05, 4.69) is 9.88 Å². The summed E-state index contributed by atoms with van der Waals surface area (Å²) in [6.45, 7) is 3.71. The Bertz CT molecular complexity index is 720. The smallest absolute Gasteiger partial charge is 0.227 e. The first kappa shape index (κ1) is 20.0. The number of piperazine rings is 1. The molecule has 1 atom stereocenters. The zero-order valence-corrected chi connectivity index (χ0v) is 16.6. The van der Waals surface area contributed by atoms with Crippen molar-refractivity contribution in [3.05, 3.63) is 24.4 Å². The molecule has 0 N–H and O–H groups in total. The third-order valence-electron chi connectivity index (χ3n) is 5.24. The second kappa shape index (κ2) is 8.99. The molecule has 2 fully saturated rings. The van der Waals surface area contributed by atoms with E-state index in [9.17, 15) is 13.2 Å². The Morgan fingerprint density at radius 2 is 2.00 bits per heavy atom. The first-order chi connectivity index (χ1) is 13.0. The van der Waals surface area contributed by atoms with Crippen LogP contribution in [0.3, 0.4) is 0 Å². The second-order valence-electron chi connectivity index (χ2n) is 7.01. The zero-order chi connectivity index (χ0) is 19.3. The summed E-state index contributed by atoms with van der Waals surface area (Å²) in [5.74, 6) is 0.713. The minimum atomic E-state index is -3.37. The predicted molar refractivity (Wildman–Crippen MR) is 103 cm³/mol. The standard InChI is InChI=1S/C18H28N4O4S/c1-26-13-14-27(24,25)22-8-4-5-16(15-22)18(23)21-11-9-20(10-12-21)17-6-2-3-7-19-17/h2-3,6-7,16H,4-5,8-15H2,1H3. The molecule has 0 aromatic carbocycles. The highest BCUT2D eigenvalue weighted by Gasteiger charge is 2.35. The maximum Gasteiger partial charge on any atom is 0.227 e. The minimum absolute atomic E-state index is 0.0346. The molecule has 1 aromatic heterocycles. The predicted octanol–water partition coefficient (Wildman–Crippen LogP) is 0.418. The van der Waals surface area contributed by atoms with Gasteiger partial charge in [0.15, 0.2) is 0 Å². The van der Waals surface area contributed by atoms with Crippen LogP contribution in [0.15, 0.2) is 24.4 Å². The van der Waals surface area contributed by atoms with Gasteiger partial charge in [0.05, 0.1) is 18.3 Å². The van der Waals surface area contributed by atoms with Crippen LogP contribution in [0.4, 0.5) is 5.82 Å². The summed E-state index contributed by atoms with van der Waals surface area (Å²) < 4.78 is 31.1. The lowest BCUT2D eigenvalue weighted by Crippen LogP contribution is -2.53. The van der Waals surface area contributed by atoms with Crippen molar-refractivity contribution in [2.75, 3.05) is 63.6 Å². The van der Waals surface area contributed by atoms with Gasteiger partial charge in [-0.1, -0.05) is 6.07 Å². The normalized spacial score (nSPS) is 22.0. The van der Waals surface area contributed by atoms with Gasteiger partial charge in [0.2, 0.25) is 15.9 Å². The average molecular weight is 397 g/mol. The number of nitrogens with zero attached hydrogens (tertiary/aromatic N) is 4. The fourth-order valence-electron chi connectivity index (χ4n) is 3.67. The van der Waals surface area contributed by atoms with Crippen molar-refractivity contribution in [2.24, 2.45) is 5.92 Å². The molecular formula is C18H28N4O4S. The molecule has 27 heavy (non-hydrogen) atoms. The summed E-state index contributed by atoms with van der Waals surface area (Å²) in [6.07, 6.45) is 3.24. The number of pyridine rings is 1. The van der Waals surface area contributed by atoms with Gasteiger partial charge in [-0.15, -0.1) is 0 Å². The van der Waals surface area contributed by atoms with Gasteiger partial charge in [0.1, 0.15) is 5.82 Å². The van der Waals surface area contributed by atoms with Gasteiger partial charge >= 0.3 is 0 Å². The number of ether oxygens (including phenoxy) is 1. The molecule has 2 aliphatic heterocycles. The van der Waals surface area contributed by atoms with Crippen molar-refractivity contribution in [1.82, 2.24) is 14.2 Å². The van der Waals surface area contributed by atoms with Crippen LogP contribution in [-0.2, 0) is 19.6 Å². The summed E-state index contributed by atoms with van der Waals surface area (Å²) >= 11 is 0. The molecule has 150 valence electrons. The van der Waals surface area contributed by atoms with E-state index in [1.807, 2.05) is 23.1 Å². The lowest BCUT2D eigenvalue weighted by atomic mass is 9.98. The van der Waals surface area contributed by atoms with Crippen LogP contribution in [0.25, 0.3) is 0 Å². The summed E-state index contributed by atoms with van der Waals surface area (Å²) in [6, 6.07) is 5.82. The van der Waals surface area contributed by atoms with Gasteiger partial charge in [-0.25, -0.2) is 17.7 Å². The van der Waals surface area contributed by atoms with E-state index in [1.165, 1.54) is 11.4 Å². The molecule has 0 spiro atoms. The number of amides is 1. The fourth-order valence-corrected chi connectivity index (χ4v) is 5.12. The molecule has 2 saturated heterocycles. The average Bonchev–Trinajstić information content (AvgIpc) is 2.72. The SMILES string of the molecule is COCCS(=O)(=O)N1CCCC(C(=O)N2CCN(c3ccccn3)CC2)C1. The second-order valence-corrected chi connectivity index (χ2v) is 9.09. The first-order valence-electron chi connectivity index (χ1n) is 9.43. The van der Waals surface area contributed by atoms with Crippen molar-refractivity contribution in [3.8, 4) is 0 Å². The van der Waals surface area contributed by atoms with Gasteiger partial charge < -0.3 is 14.5 Å². The number of carbonyl (C=O) groups excluding carboxylic acids is 1. The molecule has 0 radical (unpaired) electrons. The number of hydrogen-bond donors (Lipinski definition) is 0. The van der Waals surface area contributed by atoms with Crippen LogP contribution in [0, 0.1) is 5.92 Å². The Morgan fingerprint density at radius 1 is 1.22 bits per heavy atom. The van der Waals surface area contributed by atoms with E-state index >= 15 is 0 Å². The topological polar surface area (TPSA) is 83.0 Å². The van der Waals surface area contributed by atoms with E-state index < -0.39 is 10.0 Å². The lowest BCUT2D eigenvalue weighted by Gasteiger charge is -2.39. The van der Waals surface area contributed by atoms with Crippen LogP contribution < -0.4 is 4.90 Å². The molecule has 0 saturated carbocycles. The Kier molecular flexibility index (Phi) is 6.67. The van der Waals surface area contributed by atoms with Crippen molar-refractivity contribution in [1.29, 1.82) is 0 Å². The van der Waals surface area contributed by atoms with Crippen LogP contribution in [0.5, 0.6) is 0 Å². The van der Waals surface area contributed by atoms with Crippen LogP contribution >= 0.6 is 0 Å². The quantitative estimate of drug-likeness (QED) is 0.693. The molecule has 1 amide bonds. The molecule has 1 aromatic rings. The summed E-state index contributed by atoms with van der Waals surface area (Å²) in [5, 5.41) is 0. The molecular weight excluding hydrogens is 368 g/mol. The molecule has 2 aliphatic rings. The van der Waals surface area contributed by atoms with Crippen LogP contribution in [0.2, 0.25) is 0 Å². The van der Waals surface area contributed by atoms with Gasteiger partial charge in [-0.2, -0.15) is 0 Å². The van der Waals surface area contributed by atoms with E-state index in [0.29, 0.717) is 19.6 Å². The van der Waals surface area contributed by atoms with Gasteiger partial charge in [0, 0.05) is 52.6 Å². The highest BCUT2D eigenvalue weighted by molar-refractivity contribution is 7.89. The lowest BCUT2D eigenvalue weighted by molar-refractivity contribution is -0.137. The number of carbonyl (C=O) groups is 1. The number of piperidine rings is 1. The number of aromatic nitrogens is 1. The summed E-state index contributed by atoms with van der Waals surface area (Å²) in [5.41, 5.74) is 0. The Hall–Kier alpha value is -1.71. The fraction of sp³-hybridized carbons (Fsp3) is 0.667. The third kappa shape index (κ3) is 4.97. The van der Waals surface area contributed by atoms with Gasteiger partial charge in [0.25, 0.3) is 0 Å². The summed E-state index contributed by atoms with van der Waals surface area (Å²) in [7, 11) is -1.88. The molecule has 9 heteroatoms. The zero-order valence-electron chi connectivity index (χ0n) is 15.8. The van der Waals surface area contributed by atoms with Crippen molar-refractivity contribution in [2.45, 2.75) is 12.8 Å². The van der Waals surface area contributed by atoms with E-state index in [1.54, 1.807) is 6.20 Å². The Labute approximate surface area is 161 Å². The van der Waals surface area contributed by atoms with Crippen LogP contribution in [-0.4, -0.2) is 87.3 Å². The highest BCUT2D eigenvalue weighted by Crippen LogP contribution is 2.23. The molecule has 0 aliphatic carbocycles. The molecule has 0 bridgehead atoms. The summed E-state index contributed by atoms with van der Waals surface area (Å²) in [4.78, 5) is 21.3. The molecule has 3 rings (SSSR count). The Balaban J connectivity index is 1.55. The monoisotopic (exact) mass is 396 g/mol. The van der Waals surface area contributed by atoms with Gasteiger partial charge in [-0.05, 0) is 25.0 Å². The van der Waals surface area contributed by atoms with Crippen molar-refractivity contribution < 1.29 is 17.9 Å². The highest BCUT2D eigenvalue weighted by atomic mass is 32.2. The Morgan fingerprint density at radius 3 is 2.67 bits per heavy atom. The van der Waals surface area contributed by atoms with Crippen molar-refractivity contribution >= 4 is 21.7 Å². The van der Waals surface area contributed by atoms with Crippen LogP contribution in [0.1, 0.15) is 12.8 Å². The number of rotatable bonds is 6. The molecule has 3 heterocycles. The maximum absolute atomic E-state index is 12.9. The number of sulfonamides is 1. The number of methoxy groups -OCH3 is 1. The minimum Gasteiger partial charge on any atom is -0.384 e. The third-order valence-corrected chi connectivity index (χ3v) is 7.04. The first-order valence-corrected chi connectivity index (χ1v) is 11.0.